The van der Waals surface area contributed by atoms with E-state index >= 15 is 0 Å². The van der Waals surface area contributed by atoms with Gasteiger partial charge in [-0.25, -0.2) is 9.97 Å². The third kappa shape index (κ3) is 3.26. The van der Waals surface area contributed by atoms with E-state index in [0.29, 0.717) is 5.56 Å². The van der Waals surface area contributed by atoms with E-state index in [4.69, 9.17) is 4.98 Å². The maximum atomic E-state index is 13.0. The molecule has 6 nitrogen and oxygen atoms in total. The minimum absolute atomic E-state index is 0.0284. The number of fused-ring (bicyclic) bond motifs is 1. The zero-order valence-corrected chi connectivity index (χ0v) is 14.6. The summed E-state index contributed by atoms with van der Waals surface area (Å²) in [5, 5.41) is 0. The summed E-state index contributed by atoms with van der Waals surface area (Å²) in [7, 11) is 2.12. The van der Waals surface area contributed by atoms with Gasteiger partial charge in [0, 0.05) is 61.5 Å². The first-order valence-electron chi connectivity index (χ1n) is 8.96. The zero-order chi connectivity index (χ0) is 17.2. The molecule has 1 saturated heterocycles. The second kappa shape index (κ2) is 6.88. The van der Waals surface area contributed by atoms with Crippen LogP contribution in [0.3, 0.4) is 0 Å². The van der Waals surface area contributed by atoms with Gasteiger partial charge in [0.2, 0.25) is 0 Å². The summed E-state index contributed by atoms with van der Waals surface area (Å²) in [6, 6.07) is 3.52. The number of carbonyl (C=O) groups excluding carboxylic acids is 1. The molecule has 4 heterocycles. The van der Waals surface area contributed by atoms with Gasteiger partial charge in [0.05, 0.1) is 6.04 Å². The zero-order valence-electron chi connectivity index (χ0n) is 14.6. The third-order valence-corrected chi connectivity index (χ3v) is 5.13. The molecule has 1 atom stereocenters. The van der Waals surface area contributed by atoms with E-state index in [2.05, 4.69) is 21.9 Å². The Hall–Kier alpha value is -2.34. The van der Waals surface area contributed by atoms with Crippen molar-refractivity contribution >= 4 is 5.91 Å². The van der Waals surface area contributed by atoms with Gasteiger partial charge in [0.25, 0.3) is 5.91 Å². The second-order valence-electron chi connectivity index (χ2n) is 6.93. The average molecular weight is 337 g/mol. The molecule has 1 amide bonds. The SMILES string of the molecule is CN1CCc2nc(C3CCCCN3C(=O)c3ccncc3)ncc2C1. The Morgan fingerprint density at radius 2 is 2.04 bits per heavy atom. The largest absolute Gasteiger partial charge is 0.328 e. The second-order valence-corrected chi connectivity index (χ2v) is 6.93. The maximum Gasteiger partial charge on any atom is 0.254 e. The molecule has 0 aromatic carbocycles. The van der Waals surface area contributed by atoms with Crippen molar-refractivity contribution in [2.24, 2.45) is 0 Å². The highest BCUT2D eigenvalue weighted by molar-refractivity contribution is 5.94. The number of pyridine rings is 1. The van der Waals surface area contributed by atoms with Crippen molar-refractivity contribution < 1.29 is 4.79 Å². The van der Waals surface area contributed by atoms with Crippen LogP contribution in [0.15, 0.2) is 30.7 Å². The van der Waals surface area contributed by atoms with Gasteiger partial charge in [-0.05, 0) is 38.4 Å². The van der Waals surface area contributed by atoms with E-state index < -0.39 is 0 Å². The van der Waals surface area contributed by atoms with Crippen LogP contribution in [0.1, 0.15) is 52.7 Å². The standard InChI is InChI=1S/C19H23N5O/c1-23-11-7-16-15(13-23)12-21-18(22-16)17-4-2-3-10-24(17)19(25)14-5-8-20-9-6-14/h5-6,8-9,12,17H,2-4,7,10-11,13H2,1H3. The van der Waals surface area contributed by atoms with Crippen LogP contribution in [0.5, 0.6) is 0 Å². The summed E-state index contributed by atoms with van der Waals surface area (Å²) >= 11 is 0. The van der Waals surface area contributed by atoms with E-state index in [0.717, 1.165) is 56.8 Å². The van der Waals surface area contributed by atoms with Gasteiger partial charge in [-0.2, -0.15) is 0 Å². The third-order valence-electron chi connectivity index (χ3n) is 5.13. The van der Waals surface area contributed by atoms with Crippen LogP contribution >= 0.6 is 0 Å². The van der Waals surface area contributed by atoms with Crippen molar-refractivity contribution in [2.75, 3.05) is 20.1 Å². The molecular formula is C19H23N5O. The quantitative estimate of drug-likeness (QED) is 0.841. The lowest BCUT2D eigenvalue weighted by atomic mass is 9.99. The van der Waals surface area contributed by atoms with Crippen LogP contribution in [-0.2, 0) is 13.0 Å². The van der Waals surface area contributed by atoms with Crippen LogP contribution < -0.4 is 0 Å². The lowest BCUT2D eigenvalue weighted by Gasteiger charge is -2.35. The average Bonchev–Trinajstić information content (AvgIpc) is 2.67. The Morgan fingerprint density at radius 3 is 2.88 bits per heavy atom. The number of hydrogen-bond acceptors (Lipinski definition) is 5. The molecule has 1 unspecified atom stereocenters. The molecule has 25 heavy (non-hydrogen) atoms. The van der Waals surface area contributed by atoms with Crippen molar-refractivity contribution in [3.63, 3.8) is 0 Å². The lowest BCUT2D eigenvalue weighted by molar-refractivity contribution is 0.0599. The number of likely N-dealkylation sites (N-methyl/N-ethyl adjacent to an activating group) is 1. The maximum absolute atomic E-state index is 13.0. The summed E-state index contributed by atoms with van der Waals surface area (Å²) < 4.78 is 0. The monoisotopic (exact) mass is 337 g/mol. The molecular weight excluding hydrogens is 314 g/mol. The number of rotatable bonds is 2. The molecule has 1 fully saturated rings. The van der Waals surface area contributed by atoms with Crippen LogP contribution in [0.25, 0.3) is 0 Å². The fourth-order valence-electron chi connectivity index (χ4n) is 3.74. The highest BCUT2D eigenvalue weighted by atomic mass is 16.2. The normalized spacial score (nSPS) is 21.0. The Kier molecular flexibility index (Phi) is 4.44. The summed E-state index contributed by atoms with van der Waals surface area (Å²) in [6.07, 6.45) is 9.30. The highest BCUT2D eigenvalue weighted by Crippen LogP contribution is 2.31. The van der Waals surface area contributed by atoms with Crippen LogP contribution in [-0.4, -0.2) is 50.8 Å². The Bertz CT molecular complexity index is 764. The molecule has 2 aliphatic heterocycles. The van der Waals surface area contributed by atoms with E-state index in [1.54, 1.807) is 24.5 Å². The summed E-state index contributed by atoms with van der Waals surface area (Å²) in [6.45, 7) is 2.68. The van der Waals surface area contributed by atoms with Crippen molar-refractivity contribution in [1.82, 2.24) is 24.8 Å². The summed E-state index contributed by atoms with van der Waals surface area (Å²) in [5.41, 5.74) is 3.03. The Morgan fingerprint density at radius 1 is 1.20 bits per heavy atom. The first kappa shape index (κ1) is 16.1. The van der Waals surface area contributed by atoms with E-state index in [-0.39, 0.29) is 11.9 Å². The van der Waals surface area contributed by atoms with Crippen molar-refractivity contribution in [3.8, 4) is 0 Å². The first-order valence-corrected chi connectivity index (χ1v) is 8.96. The van der Waals surface area contributed by atoms with Crippen LogP contribution in [0.2, 0.25) is 0 Å². The number of amides is 1. The van der Waals surface area contributed by atoms with Crippen LogP contribution in [0, 0.1) is 0 Å². The van der Waals surface area contributed by atoms with E-state index in [1.165, 1.54) is 5.56 Å². The minimum Gasteiger partial charge on any atom is -0.328 e. The fraction of sp³-hybridized carbons (Fsp3) is 0.474. The molecule has 2 aromatic rings. The number of nitrogens with zero attached hydrogens (tertiary/aromatic N) is 5. The van der Waals surface area contributed by atoms with Crippen molar-refractivity contribution in [3.05, 3.63) is 53.4 Å². The topological polar surface area (TPSA) is 62.2 Å². The molecule has 0 saturated carbocycles. The van der Waals surface area contributed by atoms with Gasteiger partial charge in [-0.1, -0.05) is 0 Å². The van der Waals surface area contributed by atoms with E-state index in [1.807, 2.05) is 11.1 Å². The molecule has 6 heteroatoms. The molecule has 4 rings (SSSR count). The molecule has 2 aliphatic rings. The van der Waals surface area contributed by atoms with Gasteiger partial charge in [0.15, 0.2) is 5.82 Å². The van der Waals surface area contributed by atoms with Gasteiger partial charge in [-0.15, -0.1) is 0 Å². The number of hydrogen-bond donors (Lipinski definition) is 0. The molecule has 2 aromatic heterocycles. The summed E-state index contributed by atoms with van der Waals surface area (Å²) in [4.78, 5) is 30.7. The number of piperidine rings is 1. The van der Waals surface area contributed by atoms with E-state index in [9.17, 15) is 4.79 Å². The molecule has 0 N–H and O–H groups in total. The number of aromatic nitrogens is 3. The molecule has 0 radical (unpaired) electrons. The molecule has 0 bridgehead atoms. The van der Waals surface area contributed by atoms with Gasteiger partial charge in [-0.3, -0.25) is 9.78 Å². The lowest BCUT2D eigenvalue weighted by Crippen LogP contribution is -2.39. The predicted octanol–water partition coefficient (Wildman–Crippen LogP) is 2.23. The smallest absolute Gasteiger partial charge is 0.254 e. The Labute approximate surface area is 147 Å². The first-order chi connectivity index (χ1) is 12.2. The Balaban J connectivity index is 1.62. The molecule has 0 aliphatic carbocycles. The highest BCUT2D eigenvalue weighted by Gasteiger charge is 2.31. The number of carbonyl (C=O) groups is 1. The number of likely N-dealkylation sites (tertiary alicyclic amines) is 1. The summed E-state index contributed by atoms with van der Waals surface area (Å²) in [5.74, 6) is 0.846. The molecule has 0 spiro atoms. The fourth-order valence-corrected chi connectivity index (χ4v) is 3.74. The van der Waals surface area contributed by atoms with Crippen molar-refractivity contribution in [2.45, 2.75) is 38.3 Å². The van der Waals surface area contributed by atoms with Gasteiger partial charge in [0.1, 0.15) is 0 Å². The van der Waals surface area contributed by atoms with Crippen molar-refractivity contribution in [1.29, 1.82) is 0 Å². The molecule has 130 valence electrons. The van der Waals surface area contributed by atoms with Gasteiger partial charge < -0.3 is 9.80 Å². The predicted molar refractivity (Wildman–Crippen MR) is 93.9 cm³/mol. The minimum atomic E-state index is -0.0284. The van der Waals surface area contributed by atoms with Gasteiger partial charge >= 0.3 is 0 Å². The van der Waals surface area contributed by atoms with Crippen LogP contribution in [0.4, 0.5) is 0 Å².